The molecular weight excluding hydrogens is 148 g/mol. The fourth-order valence-electron chi connectivity index (χ4n) is 0.537. The van der Waals surface area contributed by atoms with Gasteiger partial charge in [0.25, 0.3) is 0 Å². The third kappa shape index (κ3) is 2.54. The van der Waals surface area contributed by atoms with Gasteiger partial charge >= 0.3 is 0 Å². The van der Waals surface area contributed by atoms with Gasteiger partial charge in [0, 0.05) is 0 Å². The molecule has 0 saturated carbocycles. The van der Waals surface area contributed by atoms with Crippen LogP contribution in [0.5, 0.6) is 0 Å². The lowest BCUT2D eigenvalue weighted by molar-refractivity contribution is 0.0655. The molecule has 10 heavy (non-hydrogen) atoms. The molecule has 0 bridgehead atoms. The molecule has 3 atom stereocenters. The Morgan fingerprint density at radius 2 is 1.60 bits per heavy atom. The highest BCUT2D eigenvalue weighted by molar-refractivity contribution is 4.74. The van der Waals surface area contributed by atoms with Gasteiger partial charge in [0.15, 0.2) is 12.3 Å². The van der Waals surface area contributed by atoms with Crippen molar-refractivity contribution in [2.75, 3.05) is 6.67 Å². The van der Waals surface area contributed by atoms with Gasteiger partial charge in [0.05, 0.1) is 0 Å². The van der Waals surface area contributed by atoms with Crippen molar-refractivity contribution in [2.24, 2.45) is 0 Å². The summed E-state index contributed by atoms with van der Waals surface area (Å²) in [6.45, 7) is -0.0796. The van der Waals surface area contributed by atoms with E-state index in [2.05, 4.69) is 0 Å². The van der Waals surface area contributed by atoms with Gasteiger partial charge in [-0.15, -0.1) is 0 Å². The van der Waals surface area contributed by atoms with E-state index in [0.717, 1.165) is 0 Å². The molecule has 2 unspecified atom stereocenters. The van der Waals surface area contributed by atoms with E-state index in [1.807, 2.05) is 0 Å². The minimum atomic E-state index is -2.31. The van der Waals surface area contributed by atoms with Crippen LogP contribution in [0.15, 0.2) is 0 Å². The largest absolute Gasteiger partial charge is 0.248 e. The second-order valence-electron chi connectivity index (χ2n) is 2.04. The third-order valence-electron chi connectivity index (χ3n) is 1.23. The molecule has 0 aliphatic heterocycles. The molecule has 0 N–H and O–H groups in total. The van der Waals surface area contributed by atoms with Gasteiger partial charge < -0.3 is 0 Å². The maximum absolute atomic E-state index is 12.2. The molecule has 0 aromatic rings. The highest BCUT2D eigenvalue weighted by Gasteiger charge is 2.28. The average molecular weight is 158 g/mol. The molecule has 0 rings (SSSR count). The molecule has 0 aromatic heterocycles. The molecule has 0 aliphatic rings. The van der Waals surface area contributed by atoms with Crippen LogP contribution in [0.4, 0.5) is 17.6 Å². The van der Waals surface area contributed by atoms with E-state index < -0.39 is 25.2 Å². The normalized spacial score (nSPS) is 20.1. The van der Waals surface area contributed by atoms with Crippen molar-refractivity contribution < 1.29 is 17.6 Å². The van der Waals surface area contributed by atoms with Gasteiger partial charge in [-0.1, -0.05) is 6.92 Å². The summed E-state index contributed by atoms with van der Waals surface area (Å²) in [5.41, 5.74) is 0. The van der Waals surface area contributed by atoms with E-state index in [1.54, 1.807) is 0 Å². The number of hydrogen-bond acceptors (Lipinski definition) is 0. The van der Waals surface area contributed by atoms with Crippen molar-refractivity contribution in [2.45, 2.75) is 31.9 Å². The van der Waals surface area contributed by atoms with Gasteiger partial charge in [0.2, 0.25) is 0 Å². The van der Waals surface area contributed by atoms with E-state index in [9.17, 15) is 17.6 Å². The zero-order chi connectivity index (χ0) is 8.15. The standard InChI is InChI=1S/C6H10F4/c1-2-4(8)6(10)5(9)3-7/h4-6H,2-3H2,1H3/t4?,5?,6-/m0/s1. The van der Waals surface area contributed by atoms with Crippen molar-refractivity contribution in [3.63, 3.8) is 0 Å². The number of alkyl halides is 4. The monoisotopic (exact) mass is 158 g/mol. The van der Waals surface area contributed by atoms with Crippen LogP contribution < -0.4 is 0 Å². The molecule has 0 amide bonds. The minimum absolute atomic E-state index is 0.123. The van der Waals surface area contributed by atoms with Crippen LogP contribution in [0.25, 0.3) is 0 Å². The molecule has 0 aromatic carbocycles. The molecular formula is C6H10F4. The van der Waals surface area contributed by atoms with Crippen molar-refractivity contribution in [3.05, 3.63) is 0 Å². The Morgan fingerprint density at radius 1 is 1.10 bits per heavy atom. The highest BCUT2D eigenvalue weighted by Crippen LogP contribution is 2.14. The molecule has 0 spiro atoms. The lowest BCUT2D eigenvalue weighted by atomic mass is 10.1. The molecule has 62 valence electrons. The Kier molecular flexibility index (Phi) is 4.40. The summed E-state index contributed by atoms with van der Waals surface area (Å²) in [7, 11) is 0. The summed E-state index contributed by atoms with van der Waals surface area (Å²) in [6, 6.07) is 0. The van der Waals surface area contributed by atoms with Crippen molar-refractivity contribution in [1.29, 1.82) is 0 Å². The van der Waals surface area contributed by atoms with Crippen LogP contribution >= 0.6 is 0 Å². The first-order valence-corrected chi connectivity index (χ1v) is 3.11. The zero-order valence-electron chi connectivity index (χ0n) is 5.66. The second kappa shape index (κ2) is 4.52. The third-order valence-corrected chi connectivity index (χ3v) is 1.23. The predicted molar refractivity (Wildman–Crippen MR) is 31.0 cm³/mol. The summed E-state index contributed by atoms with van der Waals surface area (Å²) in [5.74, 6) is 0. The van der Waals surface area contributed by atoms with Crippen LogP contribution in [0.2, 0.25) is 0 Å². The van der Waals surface area contributed by atoms with Gasteiger partial charge in [-0.2, -0.15) is 0 Å². The molecule has 0 aliphatic carbocycles. The summed E-state index contributed by atoms with van der Waals surface area (Å²) in [6.07, 6.45) is -6.63. The van der Waals surface area contributed by atoms with E-state index in [0.29, 0.717) is 0 Å². The van der Waals surface area contributed by atoms with Crippen molar-refractivity contribution in [1.82, 2.24) is 0 Å². The van der Waals surface area contributed by atoms with E-state index in [1.165, 1.54) is 6.92 Å². The number of halogens is 4. The second-order valence-corrected chi connectivity index (χ2v) is 2.04. The van der Waals surface area contributed by atoms with Crippen molar-refractivity contribution in [3.8, 4) is 0 Å². The zero-order valence-corrected chi connectivity index (χ0v) is 5.66. The smallest absolute Gasteiger partial charge is 0.165 e. The Bertz CT molecular complexity index is 75.8. The Hall–Kier alpha value is -0.280. The quantitative estimate of drug-likeness (QED) is 0.551. The van der Waals surface area contributed by atoms with Crippen LogP contribution in [0, 0.1) is 0 Å². The van der Waals surface area contributed by atoms with Gasteiger partial charge in [-0.3, -0.25) is 0 Å². The highest BCUT2D eigenvalue weighted by atomic mass is 19.2. The van der Waals surface area contributed by atoms with E-state index >= 15 is 0 Å². The molecule has 0 radical (unpaired) electrons. The molecule has 4 heteroatoms. The Morgan fingerprint density at radius 3 is 1.90 bits per heavy atom. The Balaban J connectivity index is 3.69. The topological polar surface area (TPSA) is 0 Å². The van der Waals surface area contributed by atoms with Crippen molar-refractivity contribution >= 4 is 0 Å². The lowest BCUT2D eigenvalue weighted by Crippen LogP contribution is -2.28. The van der Waals surface area contributed by atoms with Crippen LogP contribution in [0.1, 0.15) is 13.3 Å². The Labute approximate surface area is 57.2 Å². The maximum atomic E-state index is 12.2. The SMILES string of the molecule is CCC(F)[C@H](F)C(F)CF. The summed E-state index contributed by atoms with van der Waals surface area (Å²) >= 11 is 0. The molecule has 0 heterocycles. The van der Waals surface area contributed by atoms with Gasteiger partial charge in [0.1, 0.15) is 12.8 Å². The molecule has 0 nitrogen and oxygen atoms in total. The number of hydrogen-bond donors (Lipinski definition) is 0. The molecule has 0 saturated heterocycles. The summed E-state index contributed by atoms with van der Waals surface area (Å²) < 4.78 is 47.7. The van der Waals surface area contributed by atoms with E-state index in [4.69, 9.17) is 0 Å². The first-order valence-electron chi connectivity index (χ1n) is 3.11. The minimum Gasteiger partial charge on any atom is -0.248 e. The van der Waals surface area contributed by atoms with E-state index in [-0.39, 0.29) is 6.42 Å². The maximum Gasteiger partial charge on any atom is 0.165 e. The van der Waals surface area contributed by atoms with Gasteiger partial charge in [-0.25, -0.2) is 17.6 Å². The van der Waals surface area contributed by atoms with Crippen LogP contribution in [-0.2, 0) is 0 Å². The van der Waals surface area contributed by atoms with Crippen LogP contribution in [-0.4, -0.2) is 25.2 Å². The fraction of sp³-hybridized carbons (Fsp3) is 1.00. The average Bonchev–Trinajstić information content (AvgIpc) is 2.00. The van der Waals surface area contributed by atoms with Crippen LogP contribution in [0.3, 0.4) is 0 Å². The first kappa shape index (κ1) is 9.72. The lowest BCUT2D eigenvalue weighted by Gasteiger charge is -2.12. The summed E-state index contributed by atoms with van der Waals surface area (Å²) in [4.78, 5) is 0. The fourth-order valence-corrected chi connectivity index (χ4v) is 0.537. The molecule has 0 fully saturated rings. The predicted octanol–water partition coefficient (Wildman–Crippen LogP) is 2.38. The first-order chi connectivity index (χ1) is 4.63. The summed E-state index contributed by atoms with van der Waals surface area (Å²) in [5, 5.41) is 0. The number of rotatable bonds is 4. The van der Waals surface area contributed by atoms with Gasteiger partial charge in [-0.05, 0) is 6.42 Å².